The molecule has 0 saturated carbocycles. The van der Waals surface area contributed by atoms with E-state index in [1.165, 1.54) is 0 Å². The van der Waals surface area contributed by atoms with E-state index in [0.717, 1.165) is 0 Å². The van der Waals surface area contributed by atoms with Crippen molar-refractivity contribution in [3.8, 4) is 0 Å². The largest absolute Gasteiger partial charge is 0.327 e. The fourth-order valence-corrected chi connectivity index (χ4v) is 2.79. The zero-order valence-corrected chi connectivity index (χ0v) is 13.8. The molecule has 0 aliphatic heterocycles. The molecule has 1 aromatic rings. The minimum absolute atomic E-state index is 0. The Hall–Kier alpha value is -1.31. The molecule has 4 N–H and O–H groups in total. The average molecular weight is 336 g/mol. The number of hydrogen-bond donors (Lipinski definition) is 3. The van der Waals surface area contributed by atoms with Crippen LogP contribution in [0.1, 0.15) is 26.7 Å². The van der Waals surface area contributed by atoms with Gasteiger partial charge in [0.2, 0.25) is 15.9 Å². The summed E-state index contributed by atoms with van der Waals surface area (Å²) in [5.41, 5.74) is 6.50. The third-order valence-corrected chi connectivity index (χ3v) is 3.89. The van der Waals surface area contributed by atoms with Gasteiger partial charge in [-0.3, -0.25) is 9.52 Å². The maximum absolute atomic E-state index is 11.7. The lowest BCUT2D eigenvalue weighted by Gasteiger charge is -2.10. The maximum atomic E-state index is 11.7. The van der Waals surface area contributed by atoms with Crippen LogP contribution in [0.4, 0.5) is 11.4 Å². The average Bonchev–Trinajstić information content (AvgIpc) is 2.26. The van der Waals surface area contributed by atoms with Crippen LogP contribution in [0.3, 0.4) is 0 Å². The molecular formula is C13H22ClN3O3S. The van der Waals surface area contributed by atoms with Gasteiger partial charge in [0.15, 0.2) is 0 Å². The Morgan fingerprint density at radius 1 is 1.33 bits per heavy atom. The number of anilines is 2. The topological polar surface area (TPSA) is 101 Å². The van der Waals surface area contributed by atoms with Gasteiger partial charge in [-0.2, -0.15) is 0 Å². The van der Waals surface area contributed by atoms with E-state index in [1.54, 1.807) is 38.1 Å². The lowest BCUT2D eigenvalue weighted by atomic mass is 10.2. The molecule has 8 heteroatoms. The molecule has 0 saturated heterocycles. The van der Waals surface area contributed by atoms with Crippen LogP contribution >= 0.6 is 12.4 Å². The van der Waals surface area contributed by atoms with Gasteiger partial charge in [0, 0.05) is 18.2 Å². The van der Waals surface area contributed by atoms with Gasteiger partial charge in [-0.05, 0) is 31.5 Å². The number of carbonyl (C=O) groups is 1. The highest BCUT2D eigenvalue weighted by Gasteiger charge is 2.10. The van der Waals surface area contributed by atoms with Gasteiger partial charge in [-0.1, -0.05) is 13.0 Å². The minimum Gasteiger partial charge on any atom is -0.327 e. The molecule has 0 aromatic heterocycles. The summed E-state index contributed by atoms with van der Waals surface area (Å²) in [5, 5.41) is 2.68. The highest BCUT2D eigenvalue weighted by atomic mass is 35.5. The zero-order chi connectivity index (χ0) is 15.2. The number of rotatable bonds is 7. The van der Waals surface area contributed by atoms with Gasteiger partial charge >= 0.3 is 0 Å². The molecule has 0 aliphatic rings. The molecule has 1 rings (SSSR count). The van der Waals surface area contributed by atoms with Gasteiger partial charge in [0.25, 0.3) is 0 Å². The first-order chi connectivity index (χ1) is 9.32. The second-order valence-electron chi connectivity index (χ2n) is 4.73. The second-order valence-corrected chi connectivity index (χ2v) is 6.57. The molecule has 0 fully saturated rings. The molecule has 0 heterocycles. The quantitative estimate of drug-likeness (QED) is 0.708. The van der Waals surface area contributed by atoms with Crippen molar-refractivity contribution in [2.24, 2.45) is 5.73 Å². The summed E-state index contributed by atoms with van der Waals surface area (Å²) in [6.45, 7) is 3.54. The molecule has 6 nitrogen and oxygen atoms in total. The number of benzene rings is 1. The molecule has 0 aliphatic carbocycles. The fourth-order valence-electron chi connectivity index (χ4n) is 1.66. The first kappa shape index (κ1) is 19.7. The first-order valence-electron chi connectivity index (χ1n) is 6.48. The van der Waals surface area contributed by atoms with Crippen LogP contribution < -0.4 is 15.8 Å². The molecular weight excluding hydrogens is 314 g/mol. The standard InChI is InChI=1S/C13H21N3O3S.ClH/c1-3-7-20(18,19)16-12-6-4-5-11(9-12)15-13(17)8-10(2)14;/h4-6,9-10,16H,3,7-8,14H2,1-2H3,(H,15,17);1H. The summed E-state index contributed by atoms with van der Waals surface area (Å²) in [7, 11) is -3.33. The zero-order valence-electron chi connectivity index (χ0n) is 12.1. The van der Waals surface area contributed by atoms with Crippen molar-refractivity contribution in [2.45, 2.75) is 32.7 Å². The third kappa shape index (κ3) is 7.89. The van der Waals surface area contributed by atoms with Crippen molar-refractivity contribution in [2.75, 3.05) is 15.8 Å². The van der Waals surface area contributed by atoms with Crippen LogP contribution in [0.25, 0.3) is 0 Å². The van der Waals surface area contributed by atoms with E-state index in [4.69, 9.17) is 5.73 Å². The number of halogens is 1. The smallest absolute Gasteiger partial charge is 0.232 e. The summed E-state index contributed by atoms with van der Waals surface area (Å²) < 4.78 is 25.8. The Labute approximate surface area is 132 Å². The van der Waals surface area contributed by atoms with Gasteiger partial charge in [-0.15, -0.1) is 12.4 Å². The molecule has 0 radical (unpaired) electrons. The van der Waals surface area contributed by atoms with Gasteiger partial charge in [-0.25, -0.2) is 8.42 Å². The number of nitrogens with one attached hydrogen (secondary N) is 2. The van der Waals surface area contributed by atoms with E-state index in [9.17, 15) is 13.2 Å². The fraction of sp³-hybridized carbons (Fsp3) is 0.462. The van der Waals surface area contributed by atoms with Gasteiger partial charge in [0.05, 0.1) is 11.4 Å². The summed E-state index contributed by atoms with van der Waals surface area (Å²) in [4.78, 5) is 11.6. The Morgan fingerprint density at radius 2 is 1.95 bits per heavy atom. The number of hydrogen-bond acceptors (Lipinski definition) is 4. The van der Waals surface area contributed by atoms with Crippen molar-refractivity contribution < 1.29 is 13.2 Å². The second kappa shape index (κ2) is 8.86. The Bertz CT molecular complexity index is 562. The molecule has 1 unspecified atom stereocenters. The molecule has 0 bridgehead atoms. The van der Waals surface area contributed by atoms with Crippen molar-refractivity contribution in [3.63, 3.8) is 0 Å². The van der Waals surface area contributed by atoms with Crippen LogP contribution in [0.5, 0.6) is 0 Å². The van der Waals surface area contributed by atoms with Gasteiger partial charge in [0.1, 0.15) is 0 Å². The number of nitrogens with two attached hydrogens (primary N) is 1. The van der Waals surface area contributed by atoms with E-state index in [2.05, 4.69) is 10.0 Å². The van der Waals surface area contributed by atoms with Crippen molar-refractivity contribution >= 4 is 39.7 Å². The molecule has 1 aromatic carbocycles. The number of carbonyl (C=O) groups excluding carboxylic acids is 1. The van der Waals surface area contributed by atoms with E-state index in [0.29, 0.717) is 17.8 Å². The molecule has 1 atom stereocenters. The number of sulfonamides is 1. The monoisotopic (exact) mass is 335 g/mol. The van der Waals surface area contributed by atoms with Crippen molar-refractivity contribution in [3.05, 3.63) is 24.3 Å². The molecule has 0 spiro atoms. The van der Waals surface area contributed by atoms with Crippen LogP contribution in [0, 0.1) is 0 Å². The SMILES string of the molecule is CCCS(=O)(=O)Nc1cccc(NC(=O)CC(C)N)c1.Cl. The van der Waals surface area contributed by atoms with Gasteiger partial charge < -0.3 is 11.1 Å². The summed E-state index contributed by atoms with van der Waals surface area (Å²) in [5.74, 6) is -0.137. The van der Waals surface area contributed by atoms with E-state index < -0.39 is 10.0 Å². The highest BCUT2D eigenvalue weighted by molar-refractivity contribution is 7.92. The normalized spacial score (nSPS) is 12.1. The first-order valence-corrected chi connectivity index (χ1v) is 8.13. The molecule has 1 amide bonds. The van der Waals surface area contributed by atoms with Crippen molar-refractivity contribution in [1.29, 1.82) is 0 Å². The Morgan fingerprint density at radius 3 is 2.52 bits per heavy atom. The van der Waals surface area contributed by atoms with E-state index in [-0.39, 0.29) is 36.5 Å². The lowest BCUT2D eigenvalue weighted by molar-refractivity contribution is -0.116. The molecule has 120 valence electrons. The maximum Gasteiger partial charge on any atom is 0.232 e. The summed E-state index contributed by atoms with van der Waals surface area (Å²) in [6, 6.07) is 6.35. The Kier molecular flexibility index (Phi) is 8.31. The van der Waals surface area contributed by atoms with Crippen LogP contribution in [-0.2, 0) is 14.8 Å². The third-order valence-electron chi connectivity index (χ3n) is 2.40. The van der Waals surface area contributed by atoms with Crippen LogP contribution in [-0.4, -0.2) is 26.1 Å². The van der Waals surface area contributed by atoms with E-state index >= 15 is 0 Å². The minimum atomic E-state index is -3.33. The lowest BCUT2D eigenvalue weighted by Crippen LogP contribution is -2.24. The highest BCUT2D eigenvalue weighted by Crippen LogP contribution is 2.17. The number of amides is 1. The van der Waals surface area contributed by atoms with Crippen LogP contribution in [0.15, 0.2) is 24.3 Å². The predicted octanol–water partition coefficient (Wildman–Crippen LogP) is 1.94. The van der Waals surface area contributed by atoms with E-state index in [1.807, 2.05) is 0 Å². The molecule has 21 heavy (non-hydrogen) atoms. The van der Waals surface area contributed by atoms with Crippen molar-refractivity contribution in [1.82, 2.24) is 0 Å². The van der Waals surface area contributed by atoms with Crippen LogP contribution in [0.2, 0.25) is 0 Å². The summed E-state index contributed by atoms with van der Waals surface area (Å²) in [6.07, 6.45) is 0.756. The predicted molar refractivity (Wildman–Crippen MR) is 88.3 cm³/mol. The summed E-state index contributed by atoms with van der Waals surface area (Å²) >= 11 is 0. The Balaban J connectivity index is 0.00000400.